The fourth-order valence-electron chi connectivity index (χ4n) is 8.18. The summed E-state index contributed by atoms with van der Waals surface area (Å²) in [5.41, 5.74) is 10.8. The van der Waals surface area contributed by atoms with E-state index >= 15 is 0 Å². The average molecular weight is 664 g/mol. The molecule has 0 spiro atoms. The zero-order valence-electron chi connectivity index (χ0n) is 27.6. The Morgan fingerprint density at radius 3 is 1.69 bits per heavy atom. The molecule has 0 bridgehead atoms. The maximum Gasteiger partial charge on any atom is 0.0702 e. The third kappa shape index (κ3) is 4.44. The molecule has 11 rings (SSSR count). The van der Waals surface area contributed by atoms with Crippen molar-refractivity contribution in [1.82, 2.24) is 4.98 Å². The van der Waals surface area contributed by atoms with Gasteiger partial charge in [-0.05, 0) is 95.5 Å². The van der Waals surface area contributed by atoms with Crippen LogP contribution in [0.4, 0.5) is 0 Å². The summed E-state index contributed by atoms with van der Waals surface area (Å²) < 4.78 is 2.68. The minimum absolute atomic E-state index is 1.02. The number of para-hydroxylation sites is 1. The molecule has 0 N–H and O–H groups in total. The second-order valence-corrected chi connectivity index (χ2v) is 14.6. The van der Waals surface area contributed by atoms with Crippen LogP contribution < -0.4 is 0 Å². The quantitative estimate of drug-likeness (QED) is 0.171. The molecule has 2 aromatic heterocycles. The number of rotatable bonds is 4. The fourth-order valence-corrected chi connectivity index (χ4v) is 9.42. The van der Waals surface area contributed by atoms with E-state index in [9.17, 15) is 0 Å². The minimum atomic E-state index is 1.02. The van der Waals surface area contributed by atoms with Crippen LogP contribution in [0.3, 0.4) is 0 Å². The van der Waals surface area contributed by atoms with Gasteiger partial charge in [0.2, 0.25) is 0 Å². The van der Waals surface area contributed by atoms with Gasteiger partial charge < -0.3 is 0 Å². The Labute approximate surface area is 299 Å². The molecule has 2 heteroatoms. The molecule has 11 aromatic rings. The van der Waals surface area contributed by atoms with Crippen LogP contribution in [0.15, 0.2) is 176 Å². The van der Waals surface area contributed by atoms with Crippen LogP contribution in [0.5, 0.6) is 0 Å². The van der Waals surface area contributed by atoms with Crippen LogP contribution in [0.1, 0.15) is 0 Å². The second kappa shape index (κ2) is 11.1. The summed E-state index contributed by atoms with van der Waals surface area (Å²) in [6, 6.07) is 62.5. The third-order valence-corrected chi connectivity index (χ3v) is 11.9. The van der Waals surface area contributed by atoms with Gasteiger partial charge in [0.05, 0.1) is 5.52 Å². The second-order valence-electron chi connectivity index (χ2n) is 13.5. The van der Waals surface area contributed by atoms with Crippen molar-refractivity contribution in [3.63, 3.8) is 0 Å². The van der Waals surface area contributed by atoms with E-state index in [2.05, 4.69) is 164 Å². The maximum absolute atomic E-state index is 4.72. The molecule has 9 aromatic carbocycles. The van der Waals surface area contributed by atoms with Gasteiger partial charge in [-0.25, -0.2) is 0 Å². The Kier molecular flexibility index (Phi) is 6.19. The summed E-state index contributed by atoms with van der Waals surface area (Å²) in [6.45, 7) is 0. The molecule has 0 unspecified atom stereocenters. The first kappa shape index (κ1) is 28.5. The molecule has 0 atom stereocenters. The molecule has 0 fully saturated rings. The summed E-state index contributed by atoms with van der Waals surface area (Å²) in [5, 5.41) is 11.6. The number of nitrogens with zero attached hydrogens (tertiary/aromatic N) is 1. The van der Waals surface area contributed by atoms with Crippen LogP contribution in [0.2, 0.25) is 0 Å². The Hall–Kier alpha value is -6.35. The molecule has 2 heterocycles. The van der Waals surface area contributed by atoms with Crippen molar-refractivity contribution >= 4 is 74.7 Å². The van der Waals surface area contributed by atoms with E-state index in [-0.39, 0.29) is 0 Å². The van der Waals surface area contributed by atoms with Crippen molar-refractivity contribution in [2.24, 2.45) is 0 Å². The van der Waals surface area contributed by atoms with Gasteiger partial charge in [0.1, 0.15) is 0 Å². The highest BCUT2D eigenvalue weighted by Crippen LogP contribution is 2.45. The van der Waals surface area contributed by atoms with Crippen LogP contribution in [0.25, 0.3) is 108 Å². The van der Waals surface area contributed by atoms with Crippen LogP contribution in [-0.4, -0.2) is 4.98 Å². The first-order chi connectivity index (χ1) is 25.3. The predicted molar refractivity (Wildman–Crippen MR) is 220 cm³/mol. The zero-order valence-corrected chi connectivity index (χ0v) is 28.4. The number of thiophene rings is 1. The molecule has 0 aliphatic carbocycles. The standard InChI is InChI=1S/C49H29NS/c1-3-13-45-36(7-1)27-37(29-50-45)30-15-17-32(18-16-30)43-28-44(41-26-24-35-9-5-8-34-23-25-40(43)48(41)47(34)35)33-21-19-31(20-22-33)38-11-6-12-42-39-10-2-4-14-46(39)51-49(38)42/h1-29H. The number of fused-ring (bicyclic) bond motifs is 4. The first-order valence-electron chi connectivity index (χ1n) is 17.4. The molecule has 0 saturated carbocycles. The van der Waals surface area contributed by atoms with Crippen molar-refractivity contribution in [2.45, 2.75) is 0 Å². The molecule has 0 amide bonds. The lowest BCUT2D eigenvalue weighted by molar-refractivity contribution is 1.41. The highest BCUT2D eigenvalue weighted by atomic mass is 32.1. The summed E-state index contributed by atoms with van der Waals surface area (Å²) >= 11 is 1.89. The van der Waals surface area contributed by atoms with E-state index < -0.39 is 0 Å². The van der Waals surface area contributed by atoms with Gasteiger partial charge in [-0.2, -0.15) is 0 Å². The normalized spacial score (nSPS) is 11.9. The number of pyridine rings is 1. The summed E-state index contributed by atoms with van der Waals surface area (Å²) in [7, 11) is 0. The molecule has 0 aliphatic rings. The van der Waals surface area contributed by atoms with Gasteiger partial charge in [-0.15, -0.1) is 11.3 Å². The topological polar surface area (TPSA) is 12.9 Å². The monoisotopic (exact) mass is 663 g/mol. The van der Waals surface area contributed by atoms with Gasteiger partial charge >= 0.3 is 0 Å². The van der Waals surface area contributed by atoms with E-state index in [0.29, 0.717) is 0 Å². The Morgan fingerprint density at radius 1 is 0.353 bits per heavy atom. The van der Waals surface area contributed by atoms with Crippen molar-refractivity contribution in [2.75, 3.05) is 0 Å². The van der Waals surface area contributed by atoms with Crippen LogP contribution >= 0.6 is 11.3 Å². The molecule has 51 heavy (non-hydrogen) atoms. The van der Waals surface area contributed by atoms with Gasteiger partial charge in [0.15, 0.2) is 0 Å². The number of aromatic nitrogens is 1. The molecular formula is C49H29NS. The maximum atomic E-state index is 4.72. The summed E-state index contributed by atoms with van der Waals surface area (Å²) in [5.74, 6) is 0. The summed E-state index contributed by atoms with van der Waals surface area (Å²) in [6.07, 6.45) is 1.98. The lowest BCUT2D eigenvalue weighted by atomic mass is 9.85. The molecular weight excluding hydrogens is 635 g/mol. The predicted octanol–water partition coefficient (Wildman–Crippen LogP) is 14.2. The molecule has 236 valence electrons. The SMILES string of the molecule is c1ccc2ncc(-c3ccc(-c4cc(-c5ccc(-c6cccc7c6sc6ccccc67)cc5)c5ccc6cccc7ccc4c5c76)cc3)cc2c1. The highest BCUT2D eigenvalue weighted by molar-refractivity contribution is 7.26. The Morgan fingerprint density at radius 2 is 0.941 bits per heavy atom. The zero-order chi connectivity index (χ0) is 33.5. The van der Waals surface area contributed by atoms with Crippen molar-refractivity contribution in [3.05, 3.63) is 176 Å². The minimum Gasteiger partial charge on any atom is -0.256 e. The highest BCUT2D eigenvalue weighted by Gasteiger charge is 2.17. The van der Waals surface area contributed by atoms with Gasteiger partial charge in [0.25, 0.3) is 0 Å². The largest absolute Gasteiger partial charge is 0.256 e. The molecule has 1 nitrogen and oxygen atoms in total. The number of hydrogen-bond acceptors (Lipinski definition) is 2. The van der Waals surface area contributed by atoms with Gasteiger partial charge in [0, 0.05) is 37.3 Å². The van der Waals surface area contributed by atoms with E-state index in [1.165, 1.54) is 91.4 Å². The smallest absolute Gasteiger partial charge is 0.0702 e. The van der Waals surface area contributed by atoms with Gasteiger partial charge in [-0.1, -0.05) is 146 Å². The van der Waals surface area contributed by atoms with Crippen LogP contribution in [0, 0.1) is 0 Å². The first-order valence-corrected chi connectivity index (χ1v) is 18.3. The lowest BCUT2D eigenvalue weighted by Crippen LogP contribution is -1.91. The third-order valence-electron chi connectivity index (χ3n) is 10.7. The Balaban J connectivity index is 1.07. The van der Waals surface area contributed by atoms with Crippen molar-refractivity contribution < 1.29 is 0 Å². The summed E-state index contributed by atoms with van der Waals surface area (Å²) in [4.78, 5) is 4.72. The molecule has 0 saturated heterocycles. The van der Waals surface area contributed by atoms with E-state index in [4.69, 9.17) is 4.98 Å². The van der Waals surface area contributed by atoms with E-state index in [0.717, 1.165) is 16.5 Å². The van der Waals surface area contributed by atoms with Crippen LogP contribution in [-0.2, 0) is 0 Å². The molecule has 0 radical (unpaired) electrons. The van der Waals surface area contributed by atoms with Gasteiger partial charge in [-0.3, -0.25) is 4.98 Å². The number of benzene rings is 9. The van der Waals surface area contributed by atoms with E-state index in [1.54, 1.807) is 0 Å². The Bertz CT molecular complexity index is 3100. The van der Waals surface area contributed by atoms with Crippen molar-refractivity contribution in [1.29, 1.82) is 0 Å². The number of hydrogen-bond donors (Lipinski definition) is 0. The van der Waals surface area contributed by atoms with E-state index in [1.807, 2.05) is 23.6 Å². The fraction of sp³-hybridized carbons (Fsp3) is 0. The lowest BCUT2D eigenvalue weighted by Gasteiger charge is -2.18. The average Bonchev–Trinajstić information content (AvgIpc) is 3.59. The molecule has 0 aliphatic heterocycles. The van der Waals surface area contributed by atoms with Crippen molar-refractivity contribution in [3.8, 4) is 44.5 Å².